The Morgan fingerprint density at radius 3 is 3.05 bits per heavy atom. The first-order valence-corrected chi connectivity index (χ1v) is 8.51. The van der Waals surface area contributed by atoms with Crippen molar-refractivity contribution in [3.05, 3.63) is 16.1 Å². The number of thioether (sulfide) groups is 1. The molecular weight excluding hydrogens is 280 g/mol. The van der Waals surface area contributed by atoms with E-state index in [9.17, 15) is 4.79 Å². The first-order chi connectivity index (χ1) is 9.11. The zero-order valence-electron chi connectivity index (χ0n) is 11.5. The van der Waals surface area contributed by atoms with Crippen LogP contribution in [0, 0.1) is 12.8 Å². The highest BCUT2D eigenvalue weighted by atomic mass is 32.2. The Morgan fingerprint density at radius 1 is 1.63 bits per heavy atom. The summed E-state index contributed by atoms with van der Waals surface area (Å²) in [6.07, 6.45) is 1.87. The van der Waals surface area contributed by atoms with Crippen molar-refractivity contribution in [3.63, 3.8) is 0 Å². The number of hydrogen-bond acceptors (Lipinski definition) is 5. The third-order valence-corrected chi connectivity index (χ3v) is 4.45. The quantitative estimate of drug-likeness (QED) is 0.687. The summed E-state index contributed by atoms with van der Waals surface area (Å²) in [5.74, 6) is 1.67. The van der Waals surface area contributed by atoms with Crippen LogP contribution >= 0.6 is 23.1 Å². The summed E-state index contributed by atoms with van der Waals surface area (Å²) in [6.45, 7) is 4.91. The summed E-state index contributed by atoms with van der Waals surface area (Å²) in [6, 6.07) is 0. The molecule has 1 atom stereocenters. The fraction of sp³-hybridized carbons (Fsp3) is 0.692. The van der Waals surface area contributed by atoms with Crippen LogP contribution in [0.3, 0.4) is 0 Å². The lowest BCUT2D eigenvalue weighted by atomic mass is 10.1. The molecule has 2 N–H and O–H groups in total. The van der Waals surface area contributed by atoms with Crippen molar-refractivity contribution in [2.24, 2.45) is 5.92 Å². The molecule has 0 saturated heterocycles. The van der Waals surface area contributed by atoms with Crippen LogP contribution in [-0.4, -0.2) is 34.9 Å². The Hall–Kier alpha value is -0.590. The lowest BCUT2D eigenvalue weighted by Crippen LogP contribution is -2.26. The predicted molar refractivity (Wildman–Crippen MR) is 81.5 cm³/mol. The summed E-state index contributed by atoms with van der Waals surface area (Å²) in [4.78, 5) is 15.9. The first kappa shape index (κ1) is 16.5. The number of thiazole rings is 1. The van der Waals surface area contributed by atoms with Gasteiger partial charge in [-0.3, -0.25) is 4.79 Å². The van der Waals surface area contributed by atoms with E-state index in [1.807, 2.05) is 19.2 Å². The van der Waals surface area contributed by atoms with Crippen LogP contribution in [0.4, 0.5) is 0 Å². The van der Waals surface area contributed by atoms with E-state index in [1.165, 1.54) is 0 Å². The molecule has 6 heteroatoms. The van der Waals surface area contributed by atoms with Crippen molar-refractivity contribution >= 4 is 29.0 Å². The number of amides is 1. The molecule has 0 bridgehead atoms. The van der Waals surface area contributed by atoms with Gasteiger partial charge in [-0.25, -0.2) is 4.98 Å². The Kier molecular flexibility index (Phi) is 8.09. The van der Waals surface area contributed by atoms with Crippen LogP contribution in [0.15, 0.2) is 5.38 Å². The fourth-order valence-corrected chi connectivity index (χ4v) is 3.01. The van der Waals surface area contributed by atoms with Gasteiger partial charge in [0.2, 0.25) is 5.91 Å². The molecule has 0 fully saturated rings. The van der Waals surface area contributed by atoms with Gasteiger partial charge >= 0.3 is 0 Å². The fourth-order valence-electron chi connectivity index (χ4n) is 1.54. The molecule has 1 heterocycles. The number of aliphatic hydroxyl groups excluding tert-OH is 1. The average molecular weight is 302 g/mol. The van der Waals surface area contributed by atoms with Gasteiger partial charge in [0.25, 0.3) is 0 Å². The number of aromatic nitrogens is 1. The molecule has 19 heavy (non-hydrogen) atoms. The van der Waals surface area contributed by atoms with Crippen molar-refractivity contribution in [1.29, 1.82) is 0 Å². The minimum absolute atomic E-state index is 0.0774. The van der Waals surface area contributed by atoms with Crippen molar-refractivity contribution in [2.45, 2.75) is 32.4 Å². The number of carbonyl (C=O) groups is 1. The van der Waals surface area contributed by atoms with Gasteiger partial charge in [0.05, 0.1) is 16.5 Å². The summed E-state index contributed by atoms with van der Waals surface area (Å²) in [5.41, 5.74) is 1.05. The largest absolute Gasteiger partial charge is 0.396 e. The second kappa shape index (κ2) is 9.34. The van der Waals surface area contributed by atoms with E-state index in [0.717, 1.165) is 29.3 Å². The second-order valence-electron chi connectivity index (χ2n) is 4.63. The number of hydrogen-bond donors (Lipinski definition) is 2. The van der Waals surface area contributed by atoms with Crippen molar-refractivity contribution < 1.29 is 9.90 Å². The lowest BCUT2D eigenvalue weighted by Gasteiger charge is -2.08. The van der Waals surface area contributed by atoms with E-state index in [-0.39, 0.29) is 12.5 Å². The molecule has 1 unspecified atom stereocenters. The molecule has 0 spiro atoms. The summed E-state index contributed by atoms with van der Waals surface area (Å²) >= 11 is 3.23. The predicted octanol–water partition coefficient (Wildman–Crippen LogP) is 2.21. The normalized spacial score (nSPS) is 12.4. The summed E-state index contributed by atoms with van der Waals surface area (Å²) < 4.78 is 0. The zero-order valence-corrected chi connectivity index (χ0v) is 13.1. The van der Waals surface area contributed by atoms with Crippen molar-refractivity contribution in [2.75, 3.05) is 18.9 Å². The molecule has 0 aromatic carbocycles. The smallest absolute Gasteiger partial charge is 0.230 e. The topological polar surface area (TPSA) is 62.2 Å². The van der Waals surface area contributed by atoms with Crippen LogP contribution in [-0.2, 0) is 10.5 Å². The van der Waals surface area contributed by atoms with E-state index in [2.05, 4.69) is 10.3 Å². The molecule has 108 valence electrons. The van der Waals surface area contributed by atoms with Crippen LogP contribution < -0.4 is 5.32 Å². The van der Waals surface area contributed by atoms with Crippen LogP contribution in [0.25, 0.3) is 0 Å². The monoisotopic (exact) mass is 302 g/mol. The molecule has 1 amide bonds. The molecule has 0 saturated carbocycles. The molecule has 0 aliphatic carbocycles. The Balaban J connectivity index is 2.02. The highest BCUT2D eigenvalue weighted by molar-refractivity contribution is 7.99. The van der Waals surface area contributed by atoms with E-state index in [0.29, 0.717) is 18.2 Å². The van der Waals surface area contributed by atoms with E-state index >= 15 is 0 Å². The molecule has 0 radical (unpaired) electrons. The number of nitrogens with one attached hydrogen (secondary N) is 1. The van der Waals surface area contributed by atoms with Crippen LogP contribution in [0.5, 0.6) is 0 Å². The summed E-state index contributed by atoms with van der Waals surface area (Å²) in [7, 11) is 0. The van der Waals surface area contributed by atoms with E-state index in [4.69, 9.17) is 5.11 Å². The maximum Gasteiger partial charge on any atom is 0.230 e. The molecule has 1 aromatic rings. The van der Waals surface area contributed by atoms with Crippen molar-refractivity contribution in [1.82, 2.24) is 10.3 Å². The highest BCUT2D eigenvalue weighted by Gasteiger charge is 2.04. The maximum absolute atomic E-state index is 11.6. The molecule has 1 aromatic heterocycles. The molecule has 4 nitrogen and oxygen atoms in total. The van der Waals surface area contributed by atoms with Crippen molar-refractivity contribution in [3.8, 4) is 0 Å². The third-order valence-electron chi connectivity index (χ3n) is 2.66. The van der Waals surface area contributed by atoms with E-state index in [1.54, 1.807) is 23.1 Å². The number of carbonyl (C=O) groups excluding carboxylic acids is 1. The Bertz CT molecular complexity index is 382. The average Bonchev–Trinajstić information content (AvgIpc) is 2.80. The third kappa shape index (κ3) is 7.54. The standard InChI is InChI=1S/C13H22N2O2S2/c1-10(6-16)4-3-5-14-13(17)9-18-7-12-8-19-11(2)15-12/h8,10,16H,3-7,9H2,1-2H3,(H,14,17). The lowest BCUT2D eigenvalue weighted by molar-refractivity contribution is -0.118. The van der Waals surface area contributed by atoms with Gasteiger partial charge in [0.1, 0.15) is 0 Å². The second-order valence-corrected chi connectivity index (χ2v) is 6.68. The molecule has 0 aliphatic rings. The van der Waals surface area contributed by atoms with Gasteiger partial charge in [0, 0.05) is 24.3 Å². The zero-order chi connectivity index (χ0) is 14.1. The maximum atomic E-state index is 11.6. The number of nitrogens with zero attached hydrogens (tertiary/aromatic N) is 1. The van der Waals surface area contributed by atoms with Gasteiger partial charge in [-0.2, -0.15) is 0 Å². The minimum Gasteiger partial charge on any atom is -0.396 e. The molecule has 0 aliphatic heterocycles. The highest BCUT2D eigenvalue weighted by Crippen LogP contribution is 2.14. The van der Waals surface area contributed by atoms with Crippen LogP contribution in [0.2, 0.25) is 0 Å². The van der Waals surface area contributed by atoms with E-state index < -0.39 is 0 Å². The van der Waals surface area contributed by atoms with Crippen LogP contribution in [0.1, 0.15) is 30.5 Å². The number of aliphatic hydroxyl groups is 1. The Labute approximate surface area is 123 Å². The minimum atomic E-state index is 0.0774. The number of aryl methyl sites for hydroxylation is 1. The van der Waals surface area contributed by atoms with Gasteiger partial charge in [-0.05, 0) is 25.7 Å². The van der Waals surface area contributed by atoms with Gasteiger partial charge < -0.3 is 10.4 Å². The molecule has 1 rings (SSSR count). The SMILES string of the molecule is Cc1nc(CSCC(=O)NCCCC(C)CO)cs1. The number of rotatable bonds is 9. The Morgan fingerprint density at radius 2 is 2.42 bits per heavy atom. The van der Waals surface area contributed by atoms with Gasteiger partial charge in [0.15, 0.2) is 0 Å². The molecular formula is C13H22N2O2S2. The van der Waals surface area contributed by atoms with Gasteiger partial charge in [-0.15, -0.1) is 23.1 Å². The first-order valence-electron chi connectivity index (χ1n) is 6.48. The van der Waals surface area contributed by atoms with Gasteiger partial charge in [-0.1, -0.05) is 6.92 Å². The summed E-state index contributed by atoms with van der Waals surface area (Å²) in [5, 5.41) is 14.9.